The van der Waals surface area contributed by atoms with Crippen LogP contribution in [0.3, 0.4) is 0 Å². The first-order valence-electron chi connectivity index (χ1n) is 8.13. The molecule has 1 heterocycles. The highest BCUT2D eigenvalue weighted by Crippen LogP contribution is 2.38. The van der Waals surface area contributed by atoms with Gasteiger partial charge in [-0.2, -0.15) is 0 Å². The number of rotatable bonds is 5. The minimum atomic E-state index is -0.293. The van der Waals surface area contributed by atoms with Gasteiger partial charge in [-0.15, -0.1) is 11.3 Å². The van der Waals surface area contributed by atoms with Crippen LogP contribution < -0.4 is 15.4 Å². The van der Waals surface area contributed by atoms with Crippen LogP contribution in [0.15, 0.2) is 24.3 Å². The Bertz CT molecular complexity index is 786. The van der Waals surface area contributed by atoms with Gasteiger partial charge in [0.05, 0.1) is 5.56 Å². The number of amides is 2. The number of hydrogen-bond donors (Lipinski definition) is 2. The van der Waals surface area contributed by atoms with Gasteiger partial charge < -0.3 is 15.4 Å². The molecule has 2 amide bonds. The summed E-state index contributed by atoms with van der Waals surface area (Å²) < 4.78 is 5.46. The van der Waals surface area contributed by atoms with Crippen LogP contribution >= 0.6 is 22.9 Å². The number of nitrogens with one attached hydrogen (secondary N) is 2. The second kappa shape index (κ2) is 7.89. The Morgan fingerprint density at radius 3 is 2.64 bits per heavy atom. The molecule has 0 aliphatic heterocycles. The molecule has 7 heteroatoms. The first-order valence-corrected chi connectivity index (χ1v) is 9.32. The van der Waals surface area contributed by atoms with Gasteiger partial charge in [0.2, 0.25) is 0 Å². The van der Waals surface area contributed by atoms with Crippen LogP contribution in [-0.4, -0.2) is 25.5 Å². The Hall–Kier alpha value is -2.05. The molecule has 132 valence electrons. The van der Waals surface area contributed by atoms with Gasteiger partial charge in [-0.05, 0) is 55.5 Å². The molecular formula is C18H19ClN2O3S. The van der Waals surface area contributed by atoms with Gasteiger partial charge in [-0.1, -0.05) is 11.6 Å². The third kappa shape index (κ3) is 4.14. The third-order valence-electron chi connectivity index (χ3n) is 4.06. The lowest BCUT2D eigenvalue weighted by Crippen LogP contribution is -2.24. The fourth-order valence-corrected chi connectivity index (χ4v) is 4.29. The molecule has 0 bridgehead atoms. The van der Waals surface area contributed by atoms with Crippen molar-refractivity contribution in [1.29, 1.82) is 0 Å². The number of carbonyl (C=O) groups excluding carboxylic acids is 2. The van der Waals surface area contributed by atoms with Crippen LogP contribution in [0.2, 0.25) is 5.02 Å². The molecule has 3 rings (SSSR count). The molecule has 0 fully saturated rings. The summed E-state index contributed by atoms with van der Waals surface area (Å²) in [5.41, 5.74) is 1.67. The highest BCUT2D eigenvalue weighted by Gasteiger charge is 2.25. The van der Waals surface area contributed by atoms with Gasteiger partial charge in [-0.25, -0.2) is 0 Å². The van der Waals surface area contributed by atoms with Crippen molar-refractivity contribution in [1.82, 2.24) is 5.32 Å². The molecule has 0 radical (unpaired) electrons. The van der Waals surface area contributed by atoms with Gasteiger partial charge in [0, 0.05) is 16.9 Å². The van der Waals surface area contributed by atoms with Gasteiger partial charge in [0.1, 0.15) is 10.8 Å². The molecule has 1 aromatic carbocycles. The second-order valence-corrected chi connectivity index (χ2v) is 7.33. The van der Waals surface area contributed by atoms with Crippen LogP contribution in [0.1, 0.15) is 33.6 Å². The number of ether oxygens (including phenoxy) is 1. The predicted octanol–water partition coefficient (Wildman–Crippen LogP) is 3.66. The van der Waals surface area contributed by atoms with Crippen molar-refractivity contribution in [3.05, 3.63) is 45.3 Å². The lowest BCUT2D eigenvalue weighted by Gasteiger charge is -2.12. The molecule has 25 heavy (non-hydrogen) atoms. The van der Waals surface area contributed by atoms with E-state index in [0.717, 1.165) is 31.2 Å². The van der Waals surface area contributed by atoms with Crippen LogP contribution in [0.5, 0.6) is 5.75 Å². The largest absolute Gasteiger partial charge is 0.484 e. The number of hydrogen-bond acceptors (Lipinski definition) is 4. The highest BCUT2D eigenvalue weighted by atomic mass is 35.5. The number of aryl methyl sites for hydroxylation is 1. The zero-order chi connectivity index (χ0) is 17.8. The molecule has 0 unspecified atom stereocenters. The van der Waals surface area contributed by atoms with Crippen molar-refractivity contribution in [3.8, 4) is 5.75 Å². The Balaban J connectivity index is 1.71. The van der Waals surface area contributed by atoms with E-state index in [4.69, 9.17) is 16.3 Å². The summed E-state index contributed by atoms with van der Waals surface area (Å²) in [7, 11) is 1.60. The van der Waals surface area contributed by atoms with Crippen molar-refractivity contribution >= 4 is 39.8 Å². The average molecular weight is 379 g/mol. The topological polar surface area (TPSA) is 67.4 Å². The molecule has 1 aliphatic carbocycles. The van der Waals surface area contributed by atoms with E-state index in [1.54, 1.807) is 31.3 Å². The first kappa shape index (κ1) is 17.8. The predicted molar refractivity (Wildman–Crippen MR) is 99.9 cm³/mol. The zero-order valence-electron chi connectivity index (χ0n) is 13.9. The lowest BCUT2D eigenvalue weighted by molar-refractivity contribution is -0.118. The minimum absolute atomic E-state index is 0.128. The zero-order valence-corrected chi connectivity index (χ0v) is 15.4. The number of anilines is 1. The number of benzene rings is 1. The summed E-state index contributed by atoms with van der Waals surface area (Å²) in [5.74, 6) is 0.114. The van der Waals surface area contributed by atoms with E-state index in [9.17, 15) is 9.59 Å². The summed E-state index contributed by atoms with van der Waals surface area (Å²) >= 11 is 7.31. The monoisotopic (exact) mass is 378 g/mol. The van der Waals surface area contributed by atoms with Gasteiger partial charge in [0.25, 0.3) is 11.8 Å². The van der Waals surface area contributed by atoms with E-state index in [0.29, 0.717) is 21.3 Å². The Morgan fingerprint density at radius 1 is 1.20 bits per heavy atom. The Morgan fingerprint density at radius 2 is 1.92 bits per heavy atom. The lowest BCUT2D eigenvalue weighted by atomic mass is 9.95. The van der Waals surface area contributed by atoms with Gasteiger partial charge in [-0.3, -0.25) is 9.59 Å². The van der Waals surface area contributed by atoms with E-state index >= 15 is 0 Å². The highest BCUT2D eigenvalue weighted by molar-refractivity contribution is 7.17. The summed E-state index contributed by atoms with van der Waals surface area (Å²) in [5, 5.41) is 6.71. The summed E-state index contributed by atoms with van der Waals surface area (Å²) in [4.78, 5) is 25.7. The maximum Gasteiger partial charge on any atom is 0.262 e. The van der Waals surface area contributed by atoms with Crippen molar-refractivity contribution < 1.29 is 14.3 Å². The van der Waals surface area contributed by atoms with E-state index in [-0.39, 0.29) is 18.4 Å². The fraction of sp³-hybridized carbons (Fsp3) is 0.333. The molecule has 0 saturated carbocycles. The molecule has 2 aromatic rings. The number of halogens is 1. The molecule has 0 spiro atoms. The van der Waals surface area contributed by atoms with Crippen molar-refractivity contribution in [3.63, 3.8) is 0 Å². The fourth-order valence-electron chi connectivity index (χ4n) is 2.86. The SMILES string of the molecule is CNC(=O)c1c(NC(=O)COc2ccc(Cl)cc2)sc2c1CCCC2. The van der Waals surface area contributed by atoms with Gasteiger partial charge in [0.15, 0.2) is 6.61 Å². The van der Waals surface area contributed by atoms with E-state index in [2.05, 4.69) is 10.6 Å². The molecular weight excluding hydrogens is 360 g/mol. The normalized spacial score (nSPS) is 13.0. The van der Waals surface area contributed by atoms with Crippen molar-refractivity contribution in [2.75, 3.05) is 19.0 Å². The smallest absolute Gasteiger partial charge is 0.262 e. The average Bonchev–Trinajstić information content (AvgIpc) is 2.98. The maximum absolute atomic E-state index is 12.3. The maximum atomic E-state index is 12.3. The quantitative estimate of drug-likeness (QED) is 0.834. The van der Waals surface area contributed by atoms with Crippen molar-refractivity contribution in [2.45, 2.75) is 25.7 Å². The standard InChI is InChI=1S/C18H19ClN2O3S/c1-20-17(23)16-13-4-2-3-5-14(13)25-18(16)21-15(22)10-24-12-8-6-11(19)7-9-12/h6-9H,2-5,10H2,1H3,(H,20,23)(H,21,22). The molecule has 1 aromatic heterocycles. The summed E-state index contributed by atoms with van der Waals surface area (Å²) in [6, 6.07) is 6.81. The number of fused-ring (bicyclic) bond motifs is 1. The summed E-state index contributed by atoms with van der Waals surface area (Å²) in [6.45, 7) is -0.128. The van der Waals surface area contributed by atoms with Crippen LogP contribution in [-0.2, 0) is 17.6 Å². The number of thiophene rings is 1. The molecule has 0 atom stereocenters. The minimum Gasteiger partial charge on any atom is -0.484 e. The van der Waals surface area contributed by atoms with E-state index in [1.807, 2.05) is 0 Å². The summed E-state index contributed by atoms with van der Waals surface area (Å²) in [6.07, 6.45) is 4.03. The molecule has 1 aliphatic rings. The Labute approximate surface area is 155 Å². The Kier molecular flexibility index (Phi) is 5.60. The van der Waals surface area contributed by atoms with Gasteiger partial charge >= 0.3 is 0 Å². The third-order valence-corrected chi connectivity index (χ3v) is 5.52. The molecule has 5 nitrogen and oxygen atoms in total. The van der Waals surface area contributed by atoms with Crippen LogP contribution in [0.25, 0.3) is 0 Å². The number of carbonyl (C=O) groups is 2. The second-order valence-electron chi connectivity index (χ2n) is 5.78. The van der Waals surface area contributed by atoms with E-state index < -0.39 is 0 Å². The van der Waals surface area contributed by atoms with Crippen molar-refractivity contribution in [2.24, 2.45) is 0 Å². The molecule has 0 saturated heterocycles. The first-order chi connectivity index (χ1) is 12.1. The van der Waals surface area contributed by atoms with Crippen LogP contribution in [0.4, 0.5) is 5.00 Å². The molecule has 2 N–H and O–H groups in total. The van der Waals surface area contributed by atoms with Crippen LogP contribution in [0, 0.1) is 0 Å². The van der Waals surface area contributed by atoms with E-state index in [1.165, 1.54) is 16.2 Å².